The van der Waals surface area contributed by atoms with Crippen molar-refractivity contribution in [1.82, 2.24) is 9.88 Å². The summed E-state index contributed by atoms with van der Waals surface area (Å²) in [5.74, 6) is 1.02. The van der Waals surface area contributed by atoms with E-state index in [2.05, 4.69) is 29.2 Å². The van der Waals surface area contributed by atoms with Crippen LogP contribution in [0.25, 0.3) is 21.7 Å². The van der Waals surface area contributed by atoms with Gasteiger partial charge >= 0.3 is 0 Å². The minimum Gasteiger partial charge on any atom is -0.488 e. The quantitative estimate of drug-likeness (QED) is 0.487. The molecular weight excluding hydrogens is 372 g/mol. The average Bonchev–Trinajstić information content (AvgIpc) is 2.80. The molecule has 0 bridgehead atoms. The lowest BCUT2D eigenvalue weighted by Gasteiger charge is -2.32. The maximum absolute atomic E-state index is 12.9. The standard InChI is InChI=1S/C26H24N2O2/c29-25(18-21-9-3-7-19-6-1-2-11-23(19)21)28-16-13-22(14-17-28)30-24-12-4-8-20-10-5-15-27-26(20)24/h1-12,15,22H,13-14,16-18H2. The Morgan fingerprint density at radius 2 is 1.63 bits per heavy atom. The molecule has 1 fully saturated rings. The van der Waals surface area contributed by atoms with Crippen molar-refractivity contribution < 1.29 is 9.53 Å². The van der Waals surface area contributed by atoms with Crippen LogP contribution in [0.5, 0.6) is 5.75 Å². The van der Waals surface area contributed by atoms with E-state index in [1.807, 2.05) is 53.4 Å². The van der Waals surface area contributed by atoms with Crippen LogP contribution >= 0.6 is 0 Å². The summed E-state index contributed by atoms with van der Waals surface area (Å²) in [7, 11) is 0. The van der Waals surface area contributed by atoms with Crippen molar-refractivity contribution >= 4 is 27.6 Å². The van der Waals surface area contributed by atoms with Gasteiger partial charge in [-0.25, -0.2) is 0 Å². The number of hydrogen-bond donors (Lipinski definition) is 0. The summed E-state index contributed by atoms with van der Waals surface area (Å²) in [6, 6.07) is 24.4. The molecule has 1 aromatic heterocycles. The second-order valence-electron chi connectivity index (χ2n) is 7.84. The maximum Gasteiger partial charge on any atom is 0.227 e. The van der Waals surface area contributed by atoms with Gasteiger partial charge in [-0.3, -0.25) is 9.78 Å². The number of carbonyl (C=O) groups is 1. The SMILES string of the molecule is O=C(Cc1cccc2ccccc12)N1CCC(Oc2cccc3cccnc23)CC1. The highest BCUT2D eigenvalue weighted by molar-refractivity contribution is 5.90. The molecule has 4 aromatic rings. The Bertz CT molecular complexity index is 1190. The summed E-state index contributed by atoms with van der Waals surface area (Å²) in [6.45, 7) is 1.46. The first-order valence-corrected chi connectivity index (χ1v) is 10.5. The van der Waals surface area contributed by atoms with Gasteiger partial charge in [0, 0.05) is 37.5 Å². The van der Waals surface area contributed by atoms with E-state index in [0.717, 1.165) is 53.5 Å². The monoisotopic (exact) mass is 396 g/mol. The number of pyridine rings is 1. The highest BCUT2D eigenvalue weighted by Crippen LogP contribution is 2.27. The van der Waals surface area contributed by atoms with E-state index in [0.29, 0.717) is 6.42 Å². The molecule has 5 rings (SSSR count). The number of rotatable bonds is 4. The van der Waals surface area contributed by atoms with Crippen LogP contribution in [0.1, 0.15) is 18.4 Å². The van der Waals surface area contributed by atoms with Gasteiger partial charge in [-0.1, -0.05) is 60.7 Å². The van der Waals surface area contributed by atoms with Crippen molar-refractivity contribution in [2.45, 2.75) is 25.4 Å². The lowest BCUT2D eigenvalue weighted by Crippen LogP contribution is -2.42. The van der Waals surface area contributed by atoms with Crippen molar-refractivity contribution in [3.05, 3.63) is 84.6 Å². The Labute approximate surface area is 176 Å². The van der Waals surface area contributed by atoms with Crippen molar-refractivity contribution in [1.29, 1.82) is 0 Å². The summed E-state index contributed by atoms with van der Waals surface area (Å²) < 4.78 is 6.27. The molecule has 2 heterocycles. The average molecular weight is 396 g/mol. The van der Waals surface area contributed by atoms with Gasteiger partial charge in [0.05, 0.1) is 6.42 Å². The zero-order chi connectivity index (χ0) is 20.3. The number of nitrogens with zero attached hydrogens (tertiary/aromatic N) is 2. The first kappa shape index (κ1) is 18.6. The molecular formula is C26H24N2O2. The third-order valence-corrected chi connectivity index (χ3v) is 5.91. The smallest absolute Gasteiger partial charge is 0.227 e. The summed E-state index contributed by atoms with van der Waals surface area (Å²) in [6.07, 6.45) is 4.03. The molecule has 3 aromatic carbocycles. The molecule has 0 aliphatic carbocycles. The van der Waals surface area contributed by atoms with Crippen LogP contribution in [0, 0.1) is 0 Å². The van der Waals surface area contributed by atoms with Gasteiger partial charge in [-0.2, -0.15) is 0 Å². The van der Waals surface area contributed by atoms with Crippen LogP contribution in [-0.4, -0.2) is 35.0 Å². The normalized spacial score (nSPS) is 14.9. The van der Waals surface area contributed by atoms with Gasteiger partial charge in [-0.05, 0) is 28.5 Å². The molecule has 1 amide bonds. The minimum atomic E-state index is 0.110. The number of benzene rings is 3. The van der Waals surface area contributed by atoms with Crippen LogP contribution in [0.2, 0.25) is 0 Å². The molecule has 0 saturated carbocycles. The molecule has 1 aliphatic heterocycles. The van der Waals surface area contributed by atoms with Gasteiger partial charge in [-0.15, -0.1) is 0 Å². The number of ether oxygens (including phenoxy) is 1. The number of para-hydroxylation sites is 1. The van der Waals surface area contributed by atoms with Crippen LogP contribution < -0.4 is 4.74 Å². The fourth-order valence-electron chi connectivity index (χ4n) is 4.30. The predicted octanol–water partition coefficient (Wildman–Crippen LogP) is 5.00. The van der Waals surface area contributed by atoms with Crippen LogP contribution in [0.4, 0.5) is 0 Å². The number of amides is 1. The predicted molar refractivity (Wildman–Crippen MR) is 120 cm³/mol. The molecule has 4 heteroatoms. The number of hydrogen-bond acceptors (Lipinski definition) is 3. The van der Waals surface area contributed by atoms with Gasteiger partial charge < -0.3 is 9.64 Å². The summed E-state index contributed by atoms with van der Waals surface area (Å²) in [4.78, 5) is 19.4. The summed E-state index contributed by atoms with van der Waals surface area (Å²) in [5.41, 5.74) is 1.99. The third kappa shape index (κ3) is 3.73. The first-order valence-electron chi connectivity index (χ1n) is 10.5. The Balaban J connectivity index is 1.23. The Morgan fingerprint density at radius 3 is 2.53 bits per heavy atom. The van der Waals surface area contributed by atoms with Gasteiger partial charge in [0.1, 0.15) is 17.4 Å². The van der Waals surface area contributed by atoms with Crippen LogP contribution in [0.15, 0.2) is 79.0 Å². The topological polar surface area (TPSA) is 42.4 Å². The molecule has 0 atom stereocenters. The van der Waals surface area contributed by atoms with Crippen LogP contribution in [-0.2, 0) is 11.2 Å². The van der Waals surface area contributed by atoms with E-state index in [1.165, 1.54) is 5.39 Å². The van der Waals surface area contributed by atoms with Crippen molar-refractivity contribution in [2.75, 3.05) is 13.1 Å². The van der Waals surface area contributed by atoms with E-state index in [4.69, 9.17) is 4.74 Å². The Kier molecular flexibility index (Phi) is 5.06. The number of likely N-dealkylation sites (tertiary alicyclic amines) is 1. The third-order valence-electron chi connectivity index (χ3n) is 5.91. The number of fused-ring (bicyclic) bond motifs is 2. The molecule has 0 spiro atoms. The second-order valence-corrected chi connectivity index (χ2v) is 7.84. The van der Waals surface area contributed by atoms with E-state index < -0.39 is 0 Å². The fraction of sp³-hybridized carbons (Fsp3) is 0.231. The Morgan fingerprint density at radius 1 is 0.900 bits per heavy atom. The highest BCUT2D eigenvalue weighted by atomic mass is 16.5. The summed E-state index contributed by atoms with van der Waals surface area (Å²) in [5, 5.41) is 3.42. The van der Waals surface area contributed by atoms with Crippen LogP contribution in [0.3, 0.4) is 0 Å². The number of carbonyl (C=O) groups excluding carboxylic acids is 1. The largest absolute Gasteiger partial charge is 0.488 e. The van der Waals surface area contributed by atoms with Gasteiger partial charge in [0.2, 0.25) is 5.91 Å². The van der Waals surface area contributed by atoms with E-state index in [9.17, 15) is 4.79 Å². The van der Waals surface area contributed by atoms with Gasteiger partial charge in [0.25, 0.3) is 0 Å². The van der Waals surface area contributed by atoms with Crippen molar-refractivity contribution in [3.8, 4) is 5.75 Å². The molecule has 1 aliphatic rings. The second kappa shape index (κ2) is 8.15. The zero-order valence-corrected chi connectivity index (χ0v) is 16.8. The van der Waals surface area contributed by atoms with Crippen molar-refractivity contribution in [3.63, 3.8) is 0 Å². The molecule has 150 valence electrons. The van der Waals surface area contributed by atoms with E-state index in [1.54, 1.807) is 6.20 Å². The maximum atomic E-state index is 12.9. The molecule has 30 heavy (non-hydrogen) atoms. The highest BCUT2D eigenvalue weighted by Gasteiger charge is 2.24. The lowest BCUT2D eigenvalue weighted by atomic mass is 10.0. The molecule has 0 N–H and O–H groups in total. The summed E-state index contributed by atoms with van der Waals surface area (Å²) >= 11 is 0. The van der Waals surface area contributed by atoms with Gasteiger partial charge in [0.15, 0.2) is 0 Å². The van der Waals surface area contributed by atoms with E-state index >= 15 is 0 Å². The first-order chi connectivity index (χ1) is 14.8. The Hall–Kier alpha value is -3.40. The zero-order valence-electron chi connectivity index (χ0n) is 16.8. The molecule has 1 saturated heterocycles. The molecule has 4 nitrogen and oxygen atoms in total. The molecule has 0 radical (unpaired) electrons. The number of piperidine rings is 1. The molecule has 0 unspecified atom stereocenters. The fourth-order valence-corrected chi connectivity index (χ4v) is 4.30. The minimum absolute atomic E-state index is 0.110. The van der Waals surface area contributed by atoms with E-state index in [-0.39, 0.29) is 12.0 Å². The number of aromatic nitrogens is 1. The lowest BCUT2D eigenvalue weighted by molar-refractivity contribution is -0.132. The van der Waals surface area contributed by atoms with Crippen molar-refractivity contribution in [2.24, 2.45) is 0 Å².